The van der Waals surface area contributed by atoms with Crippen molar-refractivity contribution in [3.63, 3.8) is 0 Å². The first-order chi connectivity index (χ1) is 31.5. The van der Waals surface area contributed by atoms with Crippen LogP contribution in [0.2, 0.25) is 0 Å². The molecule has 0 bridgehead atoms. The summed E-state index contributed by atoms with van der Waals surface area (Å²) in [5.41, 5.74) is 0. The van der Waals surface area contributed by atoms with E-state index in [1.54, 1.807) is 6.08 Å². The van der Waals surface area contributed by atoms with E-state index in [4.69, 9.17) is 4.74 Å². The third-order valence-corrected chi connectivity index (χ3v) is 12.6. The number of esters is 1. The Morgan fingerprint density at radius 2 is 0.781 bits per heavy atom. The second-order valence-corrected chi connectivity index (χ2v) is 18.9. The highest BCUT2D eigenvalue weighted by atomic mass is 16.5. The van der Waals surface area contributed by atoms with Gasteiger partial charge in [0.15, 0.2) is 0 Å². The van der Waals surface area contributed by atoms with Gasteiger partial charge < -0.3 is 20.3 Å². The van der Waals surface area contributed by atoms with E-state index in [9.17, 15) is 19.8 Å². The molecule has 0 radical (unpaired) electrons. The van der Waals surface area contributed by atoms with Crippen molar-refractivity contribution in [1.82, 2.24) is 5.32 Å². The average Bonchev–Trinajstić information content (AvgIpc) is 3.29. The topological polar surface area (TPSA) is 95.9 Å². The van der Waals surface area contributed by atoms with Gasteiger partial charge in [0.25, 0.3) is 0 Å². The van der Waals surface area contributed by atoms with Crippen LogP contribution in [0, 0.1) is 0 Å². The molecule has 0 aliphatic heterocycles. The fourth-order valence-electron chi connectivity index (χ4n) is 8.25. The summed E-state index contributed by atoms with van der Waals surface area (Å²) in [4.78, 5) is 24.5. The minimum Gasteiger partial charge on any atom is -0.466 e. The van der Waals surface area contributed by atoms with Gasteiger partial charge in [0, 0.05) is 12.8 Å². The minimum atomic E-state index is -0.854. The molecule has 0 saturated carbocycles. The van der Waals surface area contributed by atoms with Crippen LogP contribution in [0.15, 0.2) is 48.6 Å². The van der Waals surface area contributed by atoms with Gasteiger partial charge in [0.2, 0.25) is 5.91 Å². The Morgan fingerprint density at radius 3 is 1.20 bits per heavy atom. The van der Waals surface area contributed by atoms with E-state index in [-0.39, 0.29) is 18.5 Å². The summed E-state index contributed by atoms with van der Waals surface area (Å²) in [6, 6.07) is -0.639. The molecule has 0 heterocycles. The van der Waals surface area contributed by atoms with Gasteiger partial charge in [-0.15, -0.1) is 0 Å². The maximum absolute atomic E-state index is 12.4. The van der Waals surface area contributed by atoms with Crippen LogP contribution in [-0.2, 0) is 14.3 Å². The quantitative estimate of drug-likeness (QED) is 0.0321. The van der Waals surface area contributed by atoms with Gasteiger partial charge in [-0.2, -0.15) is 0 Å². The Bertz CT molecular complexity index is 1080. The molecule has 0 fully saturated rings. The molecule has 2 unspecified atom stereocenters. The van der Waals surface area contributed by atoms with Crippen LogP contribution < -0.4 is 5.32 Å². The first-order valence-corrected chi connectivity index (χ1v) is 27.9. The van der Waals surface area contributed by atoms with Crippen LogP contribution in [0.3, 0.4) is 0 Å². The van der Waals surface area contributed by atoms with Crippen molar-refractivity contribution in [3.8, 4) is 0 Å². The highest BCUT2D eigenvalue weighted by molar-refractivity contribution is 5.76. The monoisotopic (exact) mass is 898 g/mol. The number of aliphatic hydroxyl groups excluding tert-OH is 2. The first-order valence-electron chi connectivity index (χ1n) is 27.9. The van der Waals surface area contributed by atoms with Gasteiger partial charge in [0.1, 0.15) is 0 Å². The van der Waals surface area contributed by atoms with Crippen molar-refractivity contribution >= 4 is 11.9 Å². The number of rotatable bonds is 51. The van der Waals surface area contributed by atoms with Gasteiger partial charge in [-0.1, -0.05) is 223 Å². The fraction of sp³-hybridized carbons (Fsp3) is 0.828. The van der Waals surface area contributed by atoms with E-state index < -0.39 is 12.1 Å². The van der Waals surface area contributed by atoms with E-state index >= 15 is 0 Å². The number of carbonyl (C=O) groups is 2. The van der Waals surface area contributed by atoms with Crippen molar-refractivity contribution in [1.29, 1.82) is 0 Å². The zero-order chi connectivity index (χ0) is 46.5. The molecule has 2 atom stereocenters. The number of ether oxygens (including phenoxy) is 1. The predicted octanol–water partition coefficient (Wildman–Crippen LogP) is 17.0. The van der Waals surface area contributed by atoms with Crippen molar-refractivity contribution in [3.05, 3.63) is 48.6 Å². The molecule has 0 saturated heterocycles. The zero-order valence-corrected chi connectivity index (χ0v) is 42.5. The fourth-order valence-corrected chi connectivity index (χ4v) is 8.25. The van der Waals surface area contributed by atoms with Gasteiger partial charge in [-0.25, -0.2) is 0 Å². The highest BCUT2D eigenvalue weighted by Crippen LogP contribution is 2.15. The molecule has 64 heavy (non-hydrogen) atoms. The Balaban J connectivity index is 3.49. The Morgan fingerprint density at radius 1 is 0.438 bits per heavy atom. The summed E-state index contributed by atoms with van der Waals surface area (Å²) in [6.07, 6.45) is 67.0. The second kappa shape index (κ2) is 53.4. The zero-order valence-electron chi connectivity index (χ0n) is 42.5. The van der Waals surface area contributed by atoms with E-state index in [2.05, 4.69) is 55.6 Å². The lowest BCUT2D eigenvalue weighted by molar-refractivity contribution is -0.143. The molecule has 374 valence electrons. The Kier molecular flexibility index (Phi) is 51.6. The molecule has 0 aromatic rings. The molecule has 0 aromatic carbocycles. The molecule has 3 N–H and O–H groups in total. The van der Waals surface area contributed by atoms with Crippen LogP contribution in [0.25, 0.3) is 0 Å². The van der Waals surface area contributed by atoms with E-state index in [0.29, 0.717) is 19.4 Å². The summed E-state index contributed by atoms with van der Waals surface area (Å²) in [7, 11) is 0. The molecule has 0 spiro atoms. The number of aliphatic hydroxyl groups is 2. The summed E-state index contributed by atoms with van der Waals surface area (Å²) in [6.45, 7) is 4.84. The van der Waals surface area contributed by atoms with Gasteiger partial charge in [-0.05, 0) is 96.3 Å². The van der Waals surface area contributed by atoms with E-state index in [0.717, 1.165) is 83.5 Å². The lowest BCUT2D eigenvalue weighted by atomic mass is 10.1. The van der Waals surface area contributed by atoms with Crippen LogP contribution in [0.4, 0.5) is 0 Å². The molecule has 0 aliphatic carbocycles. The molecular formula is C58H107NO5. The van der Waals surface area contributed by atoms with E-state index in [1.807, 2.05) is 6.08 Å². The van der Waals surface area contributed by atoms with Crippen molar-refractivity contribution < 1.29 is 24.5 Å². The molecule has 6 nitrogen and oxygen atoms in total. The van der Waals surface area contributed by atoms with Gasteiger partial charge >= 0.3 is 5.97 Å². The third kappa shape index (κ3) is 49.3. The normalized spacial score (nSPS) is 13.0. The number of amides is 1. The molecule has 0 rings (SSSR count). The van der Waals surface area contributed by atoms with Gasteiger partial charge in [-0.3, -0.25) is 9.59 Å². The predicted molar refractivity (Wildman–Crippen MR) is 278 cm³/mol. The smallest absolute Gasteiger partial charge is 0.305 e. The summed E-state index contributed by atoms with van der Waals surface area (Å²) < 4.78 is 5.46. The van der Waals surface area contributed by atoms with Crippen molar-refractivity contribution in [2.75, 3.05) is 13.2 Å². The Hall–Kier alpha value is -2.18. The molecule has 6 heteroatoms. The number of allylic oxidation sites excluding steroid dienone is 7. The maximum atomic E-state index is 12.4. The number of unbranched alkanes of at least 4 members (excludes halogenated alkanes) is 34. The minimum absolute atomic E-state index is 0.0176. The lowest BCUT2D eigenvalue weighted by Crippen LogP contribution is -2.45. The maximum Gasteiger partial charge on any atom is 0.305 e. The molecule has 0 aliphatic rings. The third-order valence-electron chi connectivity index (χ3n) is 12.6. The van der Waals surface area contributed by atoms with Crippen molar-refractivity contribution in [2.24, 2.45) is 0 Å². The van der Waals surface area contributed by atoms with E-state index in [1.165, 1.54) is 173 Å². The van der Waals surface area contributed by atoms with Crippen LogP contribution in [0.1, 0.15) is 284 Å². The first kappa shape index (κ1) is 61.8. The summed E-state index contributed by atoms with van der Waals surface area (Å²) >= 11 is 0. The van der Waals surface area contributed by atoms with Crippen LogP contribution in [0.5, 0.6) is 0 Å². The molecule has 1 amide bonds. The molecular weight excluding hydrogens is 791 g/mol. The lowest BCUT2D eigenvalue weighted by Gasteiger charge is -2.20. The number of nitrogens with one attached hydrogen (secondary N) is 1. The molecule has 0 aromatic heterocycles. The van der Waals surface area contributed by atoms with Crippen LogP contribution >= 0.6 is 0 Å². The highest BCUT2D eigenvalue weighted by Gasteiger charge is 2.18. The largest absolute Gasteiger partial charge is 0.466 e. The van der Waals surface area contributed by atoms with Crippen LogP contribution in [-0.4, -0.2) is 47.4 Å². The summed E-state index contributed by atoms with van der Waals surface area (Å²) in [5.74, 6) is -0.104. The standard InChI is InChI=1S/C58H107NO5/c1-3-5-7-9-11-13-15-16-17-18-19-22-25-28-32-36-40-44-48-52-58(63)64-53-49-45-41-37-33-29-26-23-20-21-24-27-31-35-39-43-47-51-57(62)59-55(54-60)56(61)50-46-42-38-34-30-14-12-10-8-6-4-2/h16-17,20,23,29,33,46,50,55-56,60-61H,3-15,18-19,21-22,24-28,30-32,34-45,47-49,51-54H2,1-2H3,(H,59,62)/b17-16-,23-20-,33-29-,50-46+. The number of carbonyl (C=O) groups excluding carboxylic acids is 2. The summed E-state index contributed by atoms with van der Waals surface area (Å²) in [5, 5.41) is 23.0. The SMILES string of the molecule is CCCCCCCC/C=C\CCCCCCCCCCCC(=O)OCCCCC/C=C\C/C=C\CCCCCCCCCC(=O)NC(CO)C(O)/C=C/CCCCCCCCCCC. The van der Waals surface area contributed by atoms with Gasteiger partial charge in [0.05, 0.1) is 25.4 Å². The van der Waals surface area contributed by atoms with Crippen molar-refractivity contribution in [2.45, 2.75) is 296 Å². The second-order valence-electron chi connectivity index (χ2n) is 18.9. The average molecular weight is 898 g/mol. The Labute approximate surface area is 397 Å². The number of hydrogen-bond acceptors (Lipinski definition) is 5. The number of hydrogen-bond donors (Lipinski definition) is 3.